The average Bonchev–Trinajstić information content (AvgIpc) is 2.19. The fraction of sp³-hybridized carbons (Fsp3) is 0.333. The van der Waals surface area contributed by atoms with Crippen molar-refractivity contribution in [1.29, 1.82) is 0 Å². The van der Waals surface area contributed by atoms with Gasteiger partial charge in [-0.15, -0.1) is 5.92 Å². The Balaban J connectivity index is 2.70. The van der Waals surface area contributed by atoms with E-state index < -0.39 is 0 Å². The lowest BCUT2D eigenvalue weighted by Gasteiger charge is -2.08. The Kier molecular flexibility index (Phi) is 4.67. The van der Waals surface area contributed by atoms with Crippen LogP contribution in [0.15, 0.2) is 16.6 Å². The number of hydrogen-bond donors (Lipinski definition) is 2. The van der Waals surface area contributed by atoms with E-state index in [9.17, 15) is 5.11 Å². The number of halogens is 1. The summed E-state index contributed by atoms with van der Waals surface area (Å²) >= 11 is 3.40. The average molecular weight is 268 g/mol. The first-order valence-corrected chi connectivity index (χ1v) is 5.52. The third kappa shape index (κ3) is 3.58. The summed E-state index contributed by atoms with van der Waals surface area (Å²) in [5, 5.41) is 12.9. The van der Waals surface area contributed by atoms with Crippen molar-refractivity contribution >= 4 is 15.9 Å². The van der Waals surface area contributed by atoms with Crippen LogP contribution in [0.2, 0.25) is 0 Å². The van der Waals surface area contributed by atoms with Crippen LogP contribution >= 0.6 is 15.9 Å². The molecule has 0 radical (unpaired) electrons. The zero-order chi connectivity index (χ0) is 11.3. The van der Waals surface area contributed by atoms with E-state index in [0.29, 0.717) is 18.8 Å². The van der Waals surface area contributed by atoms with Gasteiger partial charge in [-0.3, -0.25) is 0 Å². The predicted octanol–water partition coefficient (Wildman–Crippen LogP) is 2.58. The van der Waals surface area contributed by atoms with Crippen molar-refractivity contribution < 1.29 is 5.11 Å². The van der Waals surface area contributed by atoms with Crippen LogP contribution in [0, 0.1) is 18.8 Å². The van der Waals surface area contributed by atoms with E-state index in [2.05, 4.69) is 33.1 Å². The van der Waals surface area contributed by atoms with E-state index in [1.54, 1.807) is 0 Å². The molecule has 3 heteroatoms. The first-order valence-electron chi connectivity index (χ1n) is 4.73. The molecule has 0 aromatic heterocycles. The summed E-state index contributed by atoms with van der Waals surface area (Å²) in [6.07, 6.45) is 0. The van der Waals surface area contributed by atoms with Gasteiger partial charge < -0.3 is 10.4 Å². The lowest BCUT2D eigenvalue weighted by Crippen LogP contribution is -2.13. The Morgan fingerprint density at radius 3 is 2.87 bits per heavy atom. The van der Waals surface area contributed by atoms with E-state index in [1.807, 2.05) is 26.0 Å². The summed E-state index contributed by atoms with van der Waals surface area (Å²) in [5.41, 5.74) is 1.77. The molecule has 15 heavy (non-hydrogen) atoms. The van der Waals surface area contributed by atoms with E-state index in [0.717, 1.165) is 15.6 Å². The molecule has 80 valence electrons. The molecule has 0 saturated carbocycles. The van der Waals surface area contributed by atoms with Gasteiger partial charge in [0.1, 0.15) is 5.75 Å². The topological polar surface area (TPSA) is 32.3 Å². The van der Waals surface area contributed by atoms with Gasteiger partial charge in [0.15, 0.2) is 0 Å². The van der Waals surface area contributed by atoms with Gasteiger partial charge in [-0.25, -0.2) is 0 Å². The van der Waals surface area contributed by atoms with Gasteiger partial charge in [0, 0.05) is 16.6 Å². The second-order valence-corrected chi connectivity index (χ2v) is 4.18. The van der Waals surface area contributed by atoms with E-state index in [1.165, 1.54) is 0 Å². The highest BCUT2D eigenvalue weighted by Crippen LogP contribution is 2.26. The zero-order valence-corrected chi connectivity index (χ0v) is 10.5. The molecule has 0 bridgehead atoms. The summed E-state index contributed by atoms with van der Waals surface area (Å²) in [5.74, 6) is 6.08. The van der Waals surface area contributed by atoms with Crippen LogP contribution in [-0.2, 0) is 6.54 Å². The number of rotatable bonds is 3. The molecule has 0 aliphatic heterocycles. The van der Waals surface area contributed by atoms with Crippen molar-refractivity contribution in [1.82, 2.24) is 5.32 Å². The number of aromatic hydroxyl groups is 1. The number of phenols is 1. The van der Waals surface area contributed by atoms with Crippen LogP contribution in [-0.4, -0.2) is 11.7 Å². The molecular formula is C12H14BrNO. The van der Waals surface area contributed by atoms with E-state index in [4.69, 9.17) is 0 Å². The molecule has 1 aromatic carbocycles. The number of aryl methyl sites for hydroxylation is 1. The standard InChI is InChI=1S/C12H14BrNO/c1-3-4-5-14-8-10-7-11(13)6-9(2)12(10)15/h6-7,14-15H,5,8H2,1-2H3. The van der Waals surface area contributed by atoms with Crippen molar-refractivity contribution in [3.8, 4) is 17.6 Å². The summed E-state index contributed by atoms with van der Waals surface area (Å²) in [4.78, 5) is 0. The van der Waals surface area contributed by atoms with Crippen LogP contribution in [0.5, 0.6) is 5.75 Å². The summed E-state index contributed by atoms with van der Waals surface area (Å²) in [6, 6.07) is 3.80. The van der Waals surface area contributed by atoms with Crippen molar-refractivity contribution in [3.63, 3.8) is 0 Å². The van der Waals surface area contributed by atoms with Gasteiger partial charge in [-0.2, -0.15) is 0 Å². The van der Waals surface area contributed by atoms with Crippen molar-refractivity contribution in [2.45, 2.75) is 20.4 Å². The summed E-state index contributed by atoms with van der Waals surface area (Å²) in [6.45, 7) is 4.96. The fourth-order valence-corrected chi connectivity index (χ4v) is 1.91. The summed E-state index contributed by atoms with van der Waals surface area (Å²) in [7, 11) is 0. The maximum Gasteiger partial charge on any atom is 0.123 e. The highest BCUT2D eigenvalue weighted by Gasteiger charge is 2.04. The lowest BCUT2D eigenvalue weighted by atomic mass is 10.1. The number of benzene rings is 1. The Hall–Kier alpha value is -0.980. The molecule has 0 aliphatic rings. The Bertz CT molecular complexity index is 404. The quantitative estimate of drug-likeness (QED) is 0.652. The largest absolute Gasteiger partial charge is 0.507 e. The molecule has 0 fully saturated rings. The molecule has 1 aromatic rings. The van der Waals surface area contributed by atoms with Gasteiger partial charge in [-0.1, -0.05) is 21.9 Å². The molecule has 0 atom stereocenters. The molecule has 0 saturated heterocycles. The SMILES string of the molecule is CC#CCNCc1cc(Br)cc(C)c1O. The van der Waals surface area contributed by atoms with Crippen LogP contribution in [0.1, 0.15) is 18.1 Å². The van der Waals surface area contributed by atoms with Gasteiger partial charge in [0.2, 0.25) is 0 Å². The second kappa shape index (κ2) is 5.79. The van der Waals surface area contributed by atoms with Gasteiger partial charge >= 0.3 is 0 Å². The third-order valence-electron chi connectivity index (χ3n) is 2.05. The Labute approximate surface area is 98.8 Å². The van der Waals surface area contributed by atoms with Crippen molar-refractivity contribution in [2.75, 3.05) is 6.54 Å². The molecule has 0 amide bonds. The lowest BCUT2D eigenvalue weighted by molar-refractivity contribution is 0.461. The summed E-state index contributed by atoms with van der Waals surface area (Å²) < 4.78 is 0.983. The second-order valence-electron chi connectivity index (χ2n) is 3.26. The van der Waals surface area contributed by atoms with Crippen LogP contribution < -0.4 is 5.32 Å². The third-order valence-corrected chi connectivity index (χ3v) is 2.51. The first-order chi connectivity index (χ1) is 7.15. The minimum atomic E-state index is 0.357. The zero-order valence-electron chi connectivity index (χ0n) is 8.89. The normalized spacial score (nSPS) is 9.53. The van der Waals surface area contributed by atoms with Crippen LogP contribution in [0.3, 0.4) is 0 Å². The maximum atomic E-state index is 9.78. The van der Waals surface area contributed by atoms with Crippen molar-refractivity contribution in [3.05, 3.63) is 27.7 Å². The molecule has 1 rings (SSSR count). The Morgan fingerprint density at radius 1 is 1.47 bits per heavy atom. The van der Waals surface area contributed by atoms with Gasteiger partial charge in [0.25, 0.3) is 0 Å². The Morgan fingerprint density at radius 2 is 2.20 bits per heavy atom. The van der Waals surface area contributed by atoms with Crippen molar-refractivity contribution in [2.24, 2.45) is 0 Å². The minimum absolute atomic E-state index is 0.357. The smallest absolute Gasteiger partial charge is 0.123 e. The van der Waals surface area contributed by atoms with Gasteiger partial charge in [-0.05, 0) is 31.5 Å². The van der Waals surface area contributed by atoms with E-state index in [-0.39, 0.29) is 0 Å². The molecule has 0 heterocycles. The molecule has 0 spiro atoms. The fourth-order valence-electron chi connectivity index (χ4n) is 1.29. The first kappa shape index (κ1) is 12.1. The number of hydrogen-bond acceptors (Lipinski definition) is 2. The van der Waals surface area contributed by atoms with Crippen LogP contribution in [0.4, 0.5) is 0 Å². The highest BCUT2D eigenvalue weighted by atomic mass is 79.9. The monoisotopic (exact) mass is 267 g/mol. The van der Waals surface area contributed by atoms with E-state index >= 15 is 0 Å². The number of phenolic OH excluding ortho intramolecular Hbond substituents is 1. The molecule has 0 unspecified atom stereocenters. The molecule has 2 nitrogen and oxygen atoms in total. The predicted molar refractivity (Wildman–Crippen MR) is 65.7 cm³/mol. The number of nitrogens with one attached hydrogen (secondary N) is 1. The molecule has 2 N–H and O–H groups in total. The molecule has 0 aliphatic carbocycles. The van der Waals surface area contributed by atoms with Crippen LogP contribution in [0.25, 0.3) is 0 Å². The maximum absolute atomic E-state index is 9.78. The highest BCUT2D eigenvalue weighted by molar-refractivity contribution is 9.10. The molecular weight excluding hydrogens is 254 g/mol. The minimum Gasteiger partial charge on any atom is -0.507 e. The van der Waals surface area contributed by atoms with Gasteiger partial charge in [0.05, 0.1) is 6.54 Å².